The van der Waals surface area contributed by atoms with Crippen LogP contribution in [0.25, 0.3) is 0 Å². The number of hydrogen-bond acceptors (Lipinski definition) is 2. The average molecular weight is 275 g/mol. The zero-order valence-corrected chi connectivity index (χ0v) is 11.7. The Morgan fingerprint density at radius 2 is 1.53 bits per heavy atom. The molecule has 4 saturated carbocycles. The molecule has 4 fully saturated rings. The Morgan fingerprint density at radius 1 is 1.12 bits per heavy atom. The van der Waals surface area contributed by atoms with Gasteiger partial charge < -0.3 is 0 Å². The van der Waals surface area contributed by atoms with Crippen molar-refractivity contribution >= 4 is 19.7 Å². The highest BCUT2D eigenvalue weighted by molar-refractivity contribution is 8.16. The number of halogens is 1. The fraction of sp³-hybridized carbons (Fsp3) is 0.846. The lowest BCUT2D eigenvalue weighted by molar-refractivity contribution is -0.0302. The lowest BCUT2D eigenvalue weighted by Gasteiger charge is -2.57. The molecule has 0 aliphatic heterocycles. The molecule has 2 nitrogen and oxygen atoms in total. The van der Waals surface area contributed by atoms with Crippen molar-refractivity contribution in [3.05, 3.63) is 11.0 Å². The summed E-state index contributed by atoms with van der Waals surface area (Å²) in [6.45, 7) is 1.97. The lowest BCUT2D eigenvalue weighted by atomic mass is 9.48. The van der Waals surface area contributed by atoms with E-state index in [2.05, 4.69) is 0 Å². The van der Waals surface area contributed by atoms with Gasteiger partial charge in [0.2, 0.25) is 0 Å². The fourth-order valence-corrected chi connectivity index (χ4v) is 6.00. The van der Waals surface area contributed by atoms with Crippen LogP contribution >= 0.6 is 10.7 Å². The van der Waals surface area contributed by atoms with Crippen LogP contribution in [0.4, 0.5) is 0 Å². The maximum Gasteiger partial charge on any atom is 0.254 e. The van der Waals surface area contributed by atoms with Crippen LogP contribution in [-0.4, -0.2) is 8.42 Å². The van der Waals surface area contributed by atoms with Crippen LogP contribution < -0.4 is 0 Å². The van der Waals surface area contributed by atoms with E-state index in [1.54, 1.807) is 0 Å². The van der Waals surface area contributed by atoms with Gasteiger partial charge >= 0.3 is 0 Å². The van der Waals surface area contributed by atoms with Crippen molar-refractivity contribution in [1.29, 1.82) is 0 Å². The predicted molar refractivity (Wildman–Crippen MR) is 69.1 cm³/mol. The van der Waals surface area contributed by atoms with Gasteiger partial charge in [-0.05, 0) is 68.6 Å². The van der Waals surface area contributed by atoms with E-state index in [0.717, 1.165) is 23.3 Å². The summed E-state index contributed by atoms with van der Waals surface area (Å²) in [7, 11) is 1.86. The Hall–Kier alpha value is -0.0200. The minimum absolute atomic E-state index is 0.163. The topological polar surface area (TPSA) is 34.1 Å². The summed E-state index contributed by atoms with van der Waals surface area (Å²) in [6, 6.07) is 0. The molecule has 4 aliphatic rings. The Labute approximate surface area is 108 Å². The van der Waals surface area contributed by atoms with Crippen LogP contribution in [0, 0.1) is 23.2 Å². The van der Waals surface area contributed by atoms with E-state index in [9.17, 15) is 8.42 Å². The van der Waals surface area contributed by atoms with Crippen LogP contribution in [-0.2, 0) is 9.05 Å². The van der Waals surface area contributed by atoms with Gasteiger partial charge in [-0.25, -0.2) is 8.42 Å². The summed E-state index contributed by atoms with van der Waals surface area (Å²) in [5.74, 6) is 2.51. The first kappa shape index (κ1) is 12.0. The maximum absolute atomic E-state index is 11.2. The number of rotatable bonds is 2. The van der Waals surface area contributed by atoms with Crippen molar-refractivity contribution in [2.75, 3.05) is 0 Å². The summed E-state index contributed by atoms with van der Waals surface area (Å²) in [5, 5.41) is 1.31. The molecule has 0 aromatic rings. The molecule has 4 aliphatic carbocycles. The van der Waals surface area contributed by atoms with Gasteiger partial charge in [0.15, 0.2) is 0 Å². The predicted octanol–water partition coefficient (Wildman–Crippen LogP) is 3.68. The van der Waals surface area contributed by atoms with E-state index >= 15 is 0 Å². The highest BCUT2D eigenvalue weighted by atomic mass is 35.7. The molecule has 0 unspecified atom stereocenters. The molecule has 4 heteroatoms. The van der Waals surface area contributed by atoms with Gasteiger partial charge in [-0.3, -0.25) is 0 Å². The van der Waals surface area contributed by atoms with Crippen molar-refractivity contribution in [2.45, 2.75) is 45.4 Å². The van der Waals surface area contributed by atoms with Gasteiger partial charge in [0.25, 0.3) is 9.05 Å². The van der Waals surface area contributed by atoms with Crippen molar-refractivity contribution < 1.29 is 8.42 Å². The Kier molecular flexibility index (Phi) is 2.65. The van der Waals surface area contributed by atoms with Crippen LogP contribution in [0.15, 0.2) is 11.0 Å². The summed E-state index contributed by atoms with van der Waals surface area (Å²) in [4.78, 5) is 0. The largest absolute Gasteiger partial charge is 0.254 e. The van der Waals surface area contributed by atoms with Gasteiger partial charge in [-0.1, -0.05) is 5.57 Å². The number of allylic oxidation sites excluding steroid dienone is 1. The average Bonchev–Trinajstić information content (AvgIpc) is 2.12. The molecule has 0 atom stereocenters. The van der Waals surface area contributed by atoms with Crippen LogP contribution in [0.1, 0.15) is 45.4 Å². The van der Waals surface area contributed by atoms with E-state index in [0.29, 0.717) is 0 Å². The van der Waals surface area contributed by atoms with Gasteiger partial charge in [0.1, 0.15) is 0 Å². The molecule has 0 aromatic heterocycles. The first-order chi connectivity index (χ1) is 7.86. The van der Waals surface area contributed by atoms with Crippen molar-refractivity contribution in [3.8, 4) is 0 Å². The van der Waals surface area contributed by atoms with E-state index in [-0.39, 0.29) is 5.41 Å². The standard InChI is InChI=1S/C13H19ClO2S/c1-9(8-17(14,15)16)13-5-10-2-11(6-13)4-12(3-10)7-13/h8,10-12H,2-7H2,1H3/b9-8+. The smallest absolute Gasteiger partial charge is 0.208 e. The number of hydrogen-bond donors (Lipinski definition) is 0. The van der Waals surface area contributed by atoms with Crippen molar-refractivity contribution in [3.63, 3.8) is 0 Å². The second-order valence-electron chi connectivity index (χ2n) is 6.47. The zero-order valence-electron chi connectivity index (χ0n) is 10.2. The third-order valence-electron chi connectivity index (χ3n) is 5.19. The van der Waals surface area contributed by atoms with Crippen LogP contribution in [0.3, 0.4) is 0 Å². The third-order valence-corrected chi connectivity index (χ3v) is 6.09. The van der Waals surface area contributed by atoms with E-state index < -0.39 is 9.05 Å². The normalized spacial score (nSPS) is 45.3. The molecule has 4 bridgehead atoms. The molecule has 0 radical (unpaired) electrons. The maximum atomic E-state index is 11.2. The highest BCUT2D eigenvalue weighted by Gasteiger charge is 2.51. The molecule has 0 amide bonds. The zero-order chi connectivity index (χ0) is 12.3. The van der Waals surface area contributed by atoms with Crippen molar-refractivity contribution in [2.24, 2.45) is 23.2 Å². The molecule has 0 heterocycles. The minimum atomic E-state index is -3.51. The van der Waals surface area contributed by atoms with Crippen LogP contribution in [0.5, 0.6) is 0 Å². The molecular weight excluding hydrogens is 256 g/mol. The van der Waals surface area contributed by atoms with Gasteiger partial charge in [-0.15, -0.1) is 0 Å². The van der Waals surface area contributed by atoms with Gasteiger partial charge in [0, 0.05) is 16.1 Å². The summed E-state index contributed by atoms with van der Waals surface area (Å²) in [5.41, 5.74) is 1.17. The first-order valence-corrected chi connectivity index (χ1v) is 8.87. The minimum Gasteiger partial charge on any atom is -0.208 e. The van der Waals surface area contributed by atoms with E-state index in [4.69, 9.17) is 10.7 Å². The monoisotopic (exact) mass is 274 g/mol. The highest BCUT2D eigenvalue weighted by Crippen LogP contribution is 2.62. The second-order valence-corrected chi connectivity index (χ2v) is 8.95. The lowest BCUT2D eigenvalue weighted by Crippen LogP contribution is -2.46. The molecule has 0 aromatic carbocycles. The quantitative estimate of drug-likeness (QED) is 0.720. The summed E-state index contributed by atoms with van der Waals surface area (Å²) < 4.78 is 22.4. The molecule has 0 N–H and O–H groups in total. The Bertz CT molecular complexity index is 429. The Morgan fingerprint density at radius 3 is 1.88 bits per heavy atom. The van der Waals surface area contributed by atoms with E-state index in [1.807, 2.05) is 6.92 Å². The fourth-order valence-electron chi connectivity index (χ4n) is 4.93. The van der Waals surface area contributed by atoms with E-state index in [1.165, 1.54) is 43.9 Å². The molecule has 96 valence electrons. The Balaban J connectivity index is 1.94. The van der Waals surface area contributed by atoms with Gasteiger partial charge in [0.05, 0.1) is 0 Å². The van der Waals surface area contributed by atoms with Gasteiger partial charge in [-0.2, -0.15) is 0 Å². The summed E-state index contributed by atoms with van der Waals surface area (Å²) in [6.07, 6.45) is 7.69. The second kappa shape index (κ2) is 3.74. The molecule has 4 rings (SSSR count). The third kappa shape index (κ3) is 2.17. The molecule has 17 heavy (non-hydrogen) atoms. The first-order valence-electron chi connectivity index (χ1n) is 6.50. The molecule has 0 spiro atoms. The summed E-state index contributed by atoms with van der Waals surface area (Å²) >= 11 is 0. The molecule has 0 saturated heterocycles. The van der Waals surface area contributed by atoms with Crippen molar-refractivity contribution in [1.82, 2.24) is 0 Å². The molecular formula is C13H19ClO2S. The van der Waals surface area contributed by atoms with Crippen LogP contribution in [0.2, 0.25) is 0 Å². The SMILES string of the molecule is C/C(=C\S(=O)(=O)Cl)C12CC3CC(CC(C3)C1)C2.